The summed E-state index contributed by atoms with van der Waals surface area (Å²) >= 11 is 0. The maximum Gasteiger partial charge on any atom is 0.239 e. The molecule has 1 heterocycles. The van der Waals surface area contributed by atoms with Gasteiger partial charge in [0.1, 0.15) is 0 Å². The van der Waals surface area contributed by atoms with Crippen LogP contribution >= 0.6 is 0 Å². The lowest BCUT2D eigenvalue weighted by Gasteiger charge is -2.60. The summed E-state index contributed by atoms with van der Waals surface area (Å²) in [4.78, 5) is 36.1. The average Bonchev–Trinajstić information content (AvgIpc) is 2.69. The number of nitrogens with two attached hydrogens (primary N) is 1. The fraction of sp³-hybridized carbons (Fsp3) is 0.952. The first kappa shape index (κ1) is 19.2. The zero-order valence-electron chi connectivity index (χ0n) is 16.7. The van der Waals surface area contributed by atoms with Crippen molar-refractivity contribution in [3.05, 3.63) is 0 Å². The van der Waals surface area contributed by atoms with Gasteiger partial charge in [-0.05, 0) is 75.7 Å². The molecule has 3 N–H and O–H groups in total. The predicted octanol–water partition coefficient (Wildman–Crippen LogP) is 2.79. The molecule has 5 aliphatic carbocycles. The summed E-state index contributed by atoms with van der Waals surface area (Å²) < 4.78 is 0. The Hall–Kier alpha value is -0.730. The third kappa shape index (κ3) is 3.39. The second-order valence-electron chi connectivity index (χ2n) is 9.91. The van der Waals surface area contributed by atoms with Gasteiger partial charge in [-0.1, -0.05) is 0 Å². The summed E-state index contributed by atoms with van der Waals surface area (Å²) in [6, 6.07) is 0. The van der Waals surface area contributed by atoms with E-state index in [4.69, 9.17) is 25.3 Å². The van der Waals surface area contributed by atoms with Crippen molar-refractivity contribution in [3.8, 4) is 0 Å². The molecule has 0 aromatic heterocycles. The van der Waals surface area contributed by atoms with Crippen molar-refractivity contribution in [3.63, 3.8) is 0 Å². The van der Waals surface area contributed by atoms with E-state index in [2.05, 4.69) is 5.32 Å². The van der Waals surface area contributed by atoms with Crippen molar-refractivity contribution in [2.45, 2.75) is 82.2 Å². The summed E-state index contributed by atoms with van der Waals surface area (Å²) in [5, 5.41) is 2.94. The smallest absolute Gasteiger partial charge is 0.239 e. The third-order valence-corrected chi connectivity index (χ3v) is 7.97. The molecule has 28 heavy (non-hydrogen) atoms. The van der Waals surface area contributed by atoms with E-state index in [1.165, 1.54) is 32.1 Å². The number of nitrogens with one attached hydrogen (secondary N) is 1. The molecule has 0 atom stereocenters. The molecule has 0 aromatic carbocycles. The van der Waals surface area contributed by atoms with E-state index in [1.807, 2.05) is 0 Å². The largest absolute Gasteiger partial charge is 0.356 e. The van der Waals surface area contributed by atoms with Crippen molar-refractivity contribution >= 4 is 5.91 Å². The molecule has 2 spiro atoms. The van der Waals surface area contributed by atoms with Crippen LogP contribution in [0.2, 0.25) is 0 Å². The van der Waals surface area contributed by atoms with Crippen LogP contribution in [-0.4, -0.2) is 30.6 Å². The van der Waals surface area contributed by atoms with E-state index in [1.54, 1.807) is 0 Å². The average molecular weight is 395 g/mol. The van der Waals surface area contributed by atoms with E-state index in [0.717, 1.165) is 31.1 Å². The van der Waals surface area contributed by atoms with Crippen LogP contribution in [0.4, 0.5) is 0 Å². The van der Waals surface area contributed by atoms with E-state index in [-0.39, 0.29) is 5.91 Å². The molecule has 7 nitrogen and oxygen atoms in total. The molecule has 0 unspecified atom stereocenters. The van der Waals surface area contributed by atoms with Crippen LogP contribution in [0.25, 0.3) is 0 Å². The Morgan fingerprint density at radius 2 is 1.54 bits per heavy atom. The van der Waals surface area contributed by atoms with Crippen LogP contribution in [0.5, 0.6) is 0 Å². The van der Waals surface area contributed by atoms with Crippen molar-refractivity contribution in [1.29, 1.82) is 0 Å². The first-order valence-electron chi connectivity index (χ1n) is 11.3. The summed E-state index contributed by atoms with van der Waals surface area (Å²) in [6.07, 6.45) is 10.6. The van der Waals surface area contributed by atoms with Crippen LogP contribution < -0.4 is 11.1 Å². The molecular formula is C21H34N2O5. The second kappa shape index (κ2) is 7.51. The Bertz CT molecular complexity index is 549. The number of rotatable bonds is 5. The maximum absolute atomic E-state index is 12.0. The molecule has 6 fully saturated rings. The lowest BCUT2D eigenvalue weighted by atomic mass is 9.53. The summed E-state index contributed by atoms with van der Waals surface area (Å²) in [6.45, 7) is 1.26. The van der Waals surface area contributed by atoms with E-state index in [9.17, 15) is 4.79 Å². The van der Waals surface area contributed by atoms with Gasteiger partial charge in [0.05, 0.1) is 0 Å². The van der Waals surface area contributed by atoms with Crippen molar-refractivity contribution < 1.29 is 24.3 Å². The number of carbonyl (C=O) groups excluding carboxylic acids is 1. The lowest BCUT2D eigenvalue weighted by Crippen LogP contribution is -2.64. The van der Waals surface area contributed by atoms with Gasteiger partial charge in [-0.15, -0.1) is 0 Å². The molecule has 1 saturated heterocycles. The van der Waals surface area contributed by atoms with E-state index in [0.29, 0.717) is 50.1 Å². The van der Waals surface area contributed by atoms with Crippen LogP contribution in [0, 0.1) is 29.6 Å². The summed E-state index contributed by atoms with van der Waals surface area (Å²) in [7, 11) is 0. The van der Waals surface area contributed by atoms with Crippen LogP contribution in [0.15, 0.2) is 0 Å². The van der Waals surface area contributed by atoms with Gasteiger partial charge in [-0.3, -0.25) is 4.79 Å². The monoisotopic (exact) mass is 394 g/mol. The van der Waals surface area contributed by atoms with Gasteiger partial charge in [0.15, 0.2) is 0 Å². The number of carbonyl (C=O) groups is 1. The van der Waals surface area contributed by atoms with Crippen molar-refractivity contribution in [1.82, 2.24) is 5.32 Å². The highest BCUT2D eigenvalue weighted by Gasteiger charge is 2.64. The minimum absolute atomic E-state index is 0.111. The highest BCUT2D eigenvalue weighted by atomic mass is 17.4. The van der Waals surface area contributed by atoms with Gasteiger partial charge >= 0.3 is 0 Å². The Labute approximate surface area is 166 Å². The van der Waals surface area contributed by atoms with E-state index < -0.39 is 11.6 Å². The van der Waals surface area contributed by atoms with Crippen molar-refractivity contribution in [2.75, 3.05) is 13.1 Å². The lowest BCUT2D eigenvalue weighted by molar-refractivity contribution is -0.680. The van der Waals surface area contributed by atoms with Crippen LogP contribution in [0.3, 0.4) is 0 Å². The van der Waals surface area contributed by atoms with Gasteiger partial charge in [0.2, 0.25) is 17.5 Å². The summed E-state index contributed by atoms with van der Waals surface area (Å²) in [5.41, 5.74) is 5.47. The van der Waals surface area contributed by atoms with Gasteiger partial charge in [0.25, 0.3) is 0 Å². The summed E-state index contributed by atoms with van der Waals surface area (Å²) in [5.74, 6) is 1.45. The van der Waals surface area contributed by atoms with Crippen LogP contribution in [0.1, 0.15) is 70.6 Å². The molecule has 5 saturated carbocycles. The van der Waals surface area contributed by atoms with E-state index >= 15 is 0 Å². The Balaban J connectivity index is 1.12. The topological polar surface area (TPSA) is 92.0 Å². The van der Waals surface area contributed by atoms with Gasteiger partial charge in [-0.25, -0.2) is 0 Å². The van der Waals surface area contributed by atoms with Crippen LogP contribution in [-0.2, 0) is 24.3 Å². The highest BCUT2D eigenvalue weighted by Crippen LogP contribution is 2.61. The Morgan fingerprint density at radius 1 is 0.929 bits per heavy atom. The maximum atomic E-state index is 12.0. The highest BCUT2D eigenvalue weighted by molar-refractivity contribution is 5.76. The molecule has 1 amide bonds. The first-order chi connectivity index (χ1) is 13.6. The molecule has 7 heteroatoms. The standard InChI is InChI=1S/C21H34N2O5/c22-6-1-7-23-19(24)13-14-2-4-20(5-3-14)25-27-21(28-26-20)17-9-15-8-16(11-17)12-18(21)10-15/h14-18H,1-13,22H2,(H,23,24). The second-order valence-corrected chi connectivity index (χ2v) is 9.91. The molecule has 1 aliphatic heterocycles. The predicted molar refractivity (Wildman–Crippen MR) is 100 cm³/mol. The fourth-order valence-electron chi connectivity index (χ4n) is 6.58. The van der Waals surface area contributed by atoms with Gasteiger partial charge < -0.3 is 11.1 Å². The SMILES string of the molecule is NCCCNC(=O)CC1CCC2(CC1)OOC1(OO2)C2CC3CC(C2)CC1C3. The quantitative estimate of drug-likeness (QED) is 0.550. The molecule has 0 aromatic rings. The molecule has 4 bridgehead atoms. The molecule has 6 rings (SSSR count). The normalized spacial score (nSPS) is 47.0. The van der Waals surface area contributed by atoms with Gasteiger partial charge in [-0.2, -0.15) is 19.6 Å². The Morgan fingerprint density at radius 3 is 2.11 bits per heavy atom. The molecule has 158 valence electrons. The zero-order valence-corrected chi connectivity index (χ0v) is 16.7. The Kier molecular flexibility index (Phi) is 5.16. The number of hydrogen-bond donors (Lipinski definition) is 2. The number of hydrogen-bond acceptors (Lipinski definition) is 6. The van der Waals surface area contributed by atoms with Gasteiger partial charge in [0, 0.05) is 37.6 Å². The fourth-order valence-corrected chi connectivity index (χ4v) is 6.58. The third-order valence-electron chi connectivity index (χ3n) is 7.97. The first-order valence-corrected chi connectivity index (χ1v) is 11.3. The zero-order chi connectivity index (χ0) is 19.2. The minimum atomic E-state index is -0.799. The molecular weight excluding hydrogens is 360 g/mol. The van der Waals surface area contributed by atoms with Crippen molar-refractivity contribution in [2.24, 2.45) is 35.3 Å². The molecule has 0 radical (unpaired) electrons. The number of amides is 1. The molecule has 6 aliphatic rings. The minimum Gasteiger partial charge on any atom is -0.356 e.